The maximum Gasteiger partial charge on any atom is 0.248 e. The molecule has 0 aliphatic carbocycles. The molecule has 1 heterocycles. The number of nitrogens with one attached hydrogen (secondary N) is 1. The molecule has 0 fully saturated rings. The largest absolute Gasteiger partial charge is 0.463 e. The number of carbonyl (C=O) groups excluding carboxylic acids is 1. The summed E-state index contributed by atoms with van der Waals surface area (Å²) in [5.74, 6) is -2.55. The Hall–Kier alpha value is -3.28. The number of para-hydroxylation sites is 2. The summed E-state index contributed by atoms with van der Waals surface area (Å²) in [7, 11) is 0. The number of anilines is 1. The Morgan fingerprint density at radius 3 is 2.50 bits per heavy atom. The Morgan fingerprint density at radius 1 is 1.04 bits per heavy atom. The first kappa shape index (κ1) is 15.6. The predicted octanol–water partition coefficient (Wildman–Crippen LogP) is 3.72. The van der Waals surface area contributed by atoms with Gasteiger partial charge in [0.05, 0.1) is 10.9 Å². The van der Waals surface area contributed by atoms with Crippen molar-refractivity contribution in [3.8, 4) is 0 Å². The molecule has 0 bridgehead atoms. The van der Waals surface area contributed by atoms with E-state index < -0.39 is 23.2 Å². The molecule has 1 amide bonds. The van der Waals surface area contributed by atoms with Crippen molar-refractivity contribution in [2.75, 3.05) is 5.32 Å². The van der Waals surface area contributed by atoms with Gasteiger partial charge in [-0.2, -0.15) is 0 Å². The third-order valence-electron chi connectivity index (χ3n) is 3.33. The number of amides is 1. The van der Waals surface area contributed by atoms with Gasteiger partial charge >= 0.3 is 0 Å². The average Bonchev–Trinajstić information content (AvgIpc) is 2.58. The lowest BCUT2D eigenvalue weighted by atomic mass is 10.1. The molecule has 1 aromatic heterocycles. The van der Waals surface area contributed by atoms with Gasteiger partial charge in [-0.05, 0) is 30.3 Å². The molecule has 0 unspecified atom stereocenters. The number of hydrogen-bond donors (Lipinski definition) is 1. The van der Waals surface area contributed by atoms with Crippen LogP contribution in [0, 0.1) is 11.6 Å². The van der Waals surface area contributed by atoms with Crippen LogP contribution >= 0.6 is 0 Å². The highest BCUT2D eigenvalue weighted by Crippen LogP contribution is 2.18. The number of benzene rings is 2. The molecule has 0 radical (unpaired) electrons. The molecule has 24 heavy (non-hydrogen) atoms. The van der Waals surface area contributed by atoms with Gasteiger partial charge in [-0.15, -0.1) is 0 Å². The molecule has 120 valence electrons. The highest BCUT2D eigenvalue weighted by molar-refractivity contribution is 6.02. The zero-order valence-electron chi connectivity index (χ0n) is 12.3. The standard InChI is InChI=1S/C18H11F2NO3/c19-13-5-3-6-14(20)17(13)21-16(22)9-8-11-10-24-15-7-2-1-4-12(15)18(11)23/h1-10H,(H,21,22)/b9-8+. The van der Waals surface area contributed by atoms with Crippen LogP contribution in [0.25, 0.3) is 17.0 Å². The maximum atomic E-state index is 13.5. The van der Waals surface area contributed by atoms with E-state index in [9.17, 15) is 18.4 Å². The van der Waals surface area contributed by atoms with Crippen LogP contribution in [0.15, 0.2) is 64.0 Å². The minimum Gasteiger partial charge on any atom is -0.463 e. The third-order valence-corrected chi connectivity index (χ3v) is 3.33. The van der Waals surface area contributed by atoms with Crippen LogP contribution in [-0.4, -0.2) is 5.91 Å². The SMILES string of the molecule is O=C(/C=C/c1coc2ccccc2c1=O)Nc1c(F)cccc1F. The van der Waals surface area contributed by atoms with E-state index in [1.807, 2.05) is 0 Å². The second kappa shape index (κ2) is 6.45. The Balaban J connectivity index is 1.85. The van der Waals surface area contributed by atoms with E-state index in [1.165, 1.54) is 18.4 Å². The maximum absolute atomic E-state index is 13.5. The van der Waals surface area contributed by atoms with Crippen LogP contribution in [0.4, 0.5) is 14.5 Å². The van der Waals surface area contributed by atoms with E-state index in [4.69, 9.17) is 4.42 Å². The molecular weight excluding hydrogens is 316 g/mol. The first-order valence-corrected chi connectivity index (χ1v) is 7.00. The number of fused-ring (bicyclic) bond motifs is 1. The fourth-order valence-corrected chi connectivity index (χ4v) is 2.16. The summed E-state index contributed by atoms with van der Waals surface area (Å²) in [6.45, 7) is 0. The number of carbonyl (C=O) groups is 1. The van der Waals surface area contributed by atoms with E-state index in [2.05, 4.69) is 5.32 Å². The zero-order valence-corrected chi connectivity index (χ0v) is 12.3. The van der Waals surface area contributed by atoms with Crippen LogP contribution < -0.4 is 10.7 Å². The van der Waals surface area contributed by atoms with Gasteiger partial charge in [0.1, 0.15) is 29.2 Å². The molecule has 3 rings (SSSR count). The summed E-state index contributed by atoms with van der Waals surface area (Å²) < 4.78 is 32.2. The van der Waals surface area contributed by atoms with Gasteiger partial charge in [-0.1, -0.05) is 18.2 Å². The topological polar surface area (TPSA) is 59.3 Å². The molecular formula is C18H11F2NO3. The smallest absolute Gasteiger partial charge is 0.248 e. The molecule has 1 N–H and O–H groups in total. The Labute approximate surface area is 135 Å². The second-order valence-corrected chi connectivity index (χ2v) is 4.94. The van der Waals surface area contributed by atoms with E-state index in [0.29, 0.717) is 11.0 Å². The number of rotatable bonds is 3. The Morgan fingerprint density at radius 2 is 1.75 bits per heavy atom. The van der Waals surface area contributed by atoms with Gasteiger partial charge < -0.3 is 9.73 Å². The second-order valence-electron chi connectivity index (χ2n) is 4.94. The highest BCUT2D eigenvalue weighted by atomic mass is 19.1. The van der Waals surface area contributed by atoms with Crippen LogP contribution in [0.3, 0.4) is 0 Å². The lowest BCUT2D eigenvalue weighted by Gasteiger charge is -2.04. The van der Waals surface area contributed by atoms with Crippen molar-refractivity contribution < 1.29 is 18.0 Å². The summed E-state index contributed by atoms with van der Waals surface area (Å²) in [4.78, 5) is 24.0. The Bertz CT molecular complexity index is 988. The van der Waals surface area contributed by atoms with Gasteiger partial charge in [0.2, 0.25) is 5.91 Å². The lowest BCUT2D eigenvalue weighted by molar-refractivity contribution is -0.111. The molecule has 0 spiro atoms. The molecule has 0 saturated carbocycles. The molecule has 4 nitrogen and oxygen atoms in total. The van der Waals surface area contributed by atoms with Gasteiger partial charge in [0, 0.05) is 6.08 Å². The zero-order chi connectivity index (χ0) is 17.1. The van der Waals surface area contributed by atoms with Crippen LogP contribution in [0.2, 0.25) is 0 Å². The summed E-state index contributed by atoms with van der Waals surface area (Å²) in [5.41, 5.74) is -0.272. The molecule has 3 aromatic rings. The molecule has 0 aliphatic heterocycles. The minimum absolute atomic E-state index is 0.151. The normalized spacial score (nSPS) is 11.1. The molecule has 0 atom stereocenters. The molecule has 0 saturated heterocycles. The quantitative estimate of drug-likeness (QED) is 0.746. The monoisotopic (exact) mass is 327 g/mol. The summed E-state index contributed by atoms with van der Waals surface area (Å²) in [6, 6.07) is 9.93. The minimum atomic E-state index is -0.887. The van der Waals surface area contributed by atoms with Gasteiger partial charge in [0.25, 0.3) is 0 Å². The number of hydrogen-bond acceptors (Lipinski definition) is 3. The highest BCUT2D eigenvalue weighted by Gasteiger charge is 2.10. The predicted molar refractivity (Wildman–Crippen MR) is 86.5 cm³/mol. The van der Waals surface area contributed by atoms with Gasteiger partial charge in [-0.3, -0.25) is 9.59 Å². The fourth-order valence-electron chi connectivity index (χ4n) is 2.16. The van der Waals surface area contributed by atoms with E-state index in [0.717, 1.165) is 18.2 Å². The van der Waals surface area contributed by atoms with Crippen molar-refractivity contribution in [1.82, 2.24) is 0 Å². The lowest BCUT2D eigenvalue weighted by Crippen LogP contribution is -2.11. The molecule has 2 aromatic carbocycles. The first-order chi connectivity index (χ1) is 11.6. The summed E-state index contributed by atoms with van der Waals surface area (Å²) >= 11 is 0. The van der Waals surface area contributed by atoms with Crippen molar-refractivity contribution in [1.29, 1.82) is 0 Å². The van der Waals surface area contributed by atoms with Crippen molar-refractivity contribution >= 4 is 28.6 Å². The van der Waals surface area contributed by atoms with Crippen LogP contribution in [0.1, 0.15) is 5.56 Å². The van der Waals surface area contributed by atoms with Gasteiger partial charge in [0.15, 0.2) is 5.43 Å². The van der Waals surface area contributed by atoms with Crippen LogP contribution in [-0.2, 0) is 4.79 Å². The summed E-state index contributed by atoms with van der Waals surface area (Å²) in [6.07, 6.45) is 3.46. The first-order valence-electron chi connectivity index (χ1n) is 7.00. The molecule has 0 aliphatic rings. The van der Waals surface area contributed by atoms with Crippen molar-refractivity contribution in [3.63, 3.8) is 0 Å². The van der Waals surface area contributed by atoms with Crippen LogP contribution in [0.5, 0.6) is 0 Å². The van der Waals surface area contributed by atoms with Gasteiger partial charge in [-0.25, -0.2) is 8.78 Å². The fraction of sp³-hybridized carbons (Fsp3) is 0. The average molecular weight is 327 g/mol. The number of halogens is 2. The summed E-state index contributed by atoms with van der Waals surface area (Å²) in [5, 5.41) is 2.47. The van der Waals surface area contributed by atoms with Crippen molar-refractivity contribution in [2.45, 2.75) is 0 Å². The van der Waals surface area contributed by atoms with Crippen molar-refractivity contribution in [2.24, 2.45) is 0 Å². The van der Waals surface area contributed by atoms with E-state index in [-0.39, 0.29) is 11.0 Å². The van der Waals surface area contributed by atoms with E-state index in [1.54, 1.807) is 24.3 Å². The van der Waals surface area contributed by atoms with Crippen molar-refractivity contribution in [3.05, 3.63) is 82.2 Å². The Kier molecular flexibility index (Phi) is 4.20. The van der Waals surface area contributed by atoms with E-state index >= 15 is 0 Å². The third kappa shape index (κ3) is 3.08. The molecule has 6 heteroatoms.